The Morgan fingerprint density at radius 3 is 1.50 bits per heavy atom. The third-order valence-electron chi connectivity index (χ3n) is 9.84. The zero-order chi connectivity index (χ0) is 49.5. The lowest BCUT2D eigenvalue weighted by atomic mass is 9.98. The minimum atomic E-state index is -4.82. The highest BCUT2D eigenvalue weighted by Crippen LogP contribution is 2.37. The van der Waals surface area contributed by atoms with Gasteiger partial charge in [-0.25, -0.2) is 14.0 Å². The highest BCUT2D eigenvalue weighted by atomic mass is 31.2. The Kier molecular flexibility index (Phi) is 20.4. The van der Waals surface area contributed by atoms with Gasteiger partial charge in [0.25, 0.3) is 0 Å². The van der Waals surface area contributed by atoms with Crippen LogP contribution in [0.4, 0.5) is 11.4 Å². The first-order valence-electron chi connectivity index (χ1n) is 21.5. The van der Waals surface area contributed by atoms with E-state index in [2.05, 4.69) is 51.4 Å². The van der Waals surface area contributed by atoms with E-state index in [1.54, 1.807) is 13.8 Å². The number of nitrogens with one attached hydrogen (secondary N) is 6. The summed E-state index contributed by atoms with van der Waals surface area (Å²) in [6, 6.07) is 1.84. The predicted octanol–water partition coefficient (Wildman–Crippen LogP) is 3.34. The van der Waals surface area contributed by atoms with Gasteiger partial charge in [0.2, 0.25) is 35.1 Å². The van der Waals surface area contributed by atoms with Gasteiger partial charge in [0.05, 0.1) is 10.6 Å². The Morgan fingerprint density at radius 1 is 0.667 bits per heavy atom. The van der Waals surface area contributed by atoms with Crippen LogP contribution in [-0.2, 0) is 39.8 Å². The Labute approximate surface area is 381 Å². The smallest absolute Gasteiger partial charge is 0.480 e. The molecule has 3 rings (SSSR count). The molecule has 0 aliphatic rings. The number of hydrogen-bond acceptors (Lipinski definition) is 14. The van der Waals surface area contributed by atoms with Gasteiger partial charge in [-0.15, -0.1) is 0 Å². The van der Waals surface area contributed by atoms with E-state index in [1.807, 2.05) is 41.5 Å². The van der Waals surface area contributed by atoms with Crippen LogP contribution >= 0.6 is 7.82 Å². The second kappa shape index (κ2) is 24.9. The molecule has 5 atom stereocenters. The molecule has 0 saturated carbocycles. The van der Waals surface area contributed by atoms with Gasteiger partial charge in [-0.2, -0.15) is 0 Å². The molecule has 9 N–H and O–H groups in total. The average Bonchev–Trinajstić information content (AvgIpc) is 3.69. The topological polar surface area (TPSA) is 344 Å². The summed E-state index contributed by atoms with van der Waals surface area (Å²) < 4.78 is 20.4. The summed E-state index contributed by atoms with van der Waals surface area (Å²) in [7, 11) is -4.82. The Hall–Kier alpha value is -6.19. The number of hydrogen-bond donors (Lipinski definition) is 9. The summed E-state index contributed by atoms with van der Waals surface area (Å²) in [5.74, 6) is -5.31. The molecule has 3 aromatic rings. The maximum Gasteiger partial charge on any atom is 0.524 e. The van der Waals surface area contributed by atoms with Gasteiger partial charge in [0, 0.05) is 25.5 Å². The van der Waals surface area contributed by atoms with Crippen molar-refractivity contribution in [2.75, 3.05) is 11.9 Å². The van der Waals surface area contributed by atoms with Gasteiger partial charge in [-0.1, -0.05) is 67.5 Å². The Bertz CT molecular complexity index is 2210. The third-order valence-corrected chi connectivity index (χ3v) is 10.3. The van der Waals surface area contributed by atoms with Crippen molar-refractivity contribution in [3.8, 4) is 5.75 Å². The van der Waals surface area contributed by atoms with Crippen LogP contribution in [0.5, 0.6) is 5.75 Å². The molecule has 0 saturated heterocycles. The van der Waals surface area contributed by atoms with Crippen LogP contribution in [0.1, 0.15) is 93.1 Å². The zero-order valence-electron chi connectivity index (χ0n) is 38.2. The van der Waals surface area contributed by atoms with Crippen LogP contribution in [0.15, 0.2) is 41.0 Å². The van der Waals surface area contributed by atoms with Crippen LogP contribution in [0.25, 0.3) is 11.0 Å². The number of carbonyl (C=O) groups is 6. The number of carbonyl (C=O) groups excluding carboxylic acids is 5. The zero-order valence-corrected chi connectivity index (χ0v) is 39.1. The molecule has 23 nitrogen and oxygen atoms in total. The standard InChI is InChI=1S/C42H62N9O14P/c1-22(2)17-29(44-35(52)15-16-43-28-13-14-34(51(59)60)37-36(28)49-65-50-37)38(53)45-30(18-23(3)4)39(54)46-31(19-24(5)6)40(55)47-32(20-25(7)8)41(56)48-33(42(57)58)21-26-9-11-27(12-10-26)64-66(61,62)63/h9-14,22-25,29-33,43H,15-21H2,1-8H3,(H,44,52)(H,45,53)(H,46,54)(H,47,55)(H,48,56)(H,57,58)(H2,61,62,63)/t29-,30-,31-,32-,33-/m0/s1. The van der Waals surface area contributed by atoms with E-state index < -0.39 is 78.5 Å². The number of amides is 5. The summed E-state index contributed by atoms with van der Waals surface area (Å²) in [6.45, 7) is 14.7. The Balaban J connectivity index is 1.72. The quantitative estimate of drug-likeness (QED) is 0.0301. The number of carboxylic acids is 1. The van der Waals surface area contributed by atoms with E-state index >= 15 is 0 Å². The number of nitro benzene ring substituents is 1. The first kappa shape index (κ1) is 54.1. The number of nitrogens with zero attached hydrogens (tertiary/aromatic N) is 3. The molecule has 0 unspecified atom stereocenters. The fraction of sp³-hybridized carbons (Fsp3) is 0.571. The van der Waals surface area contributed by atoms with Crippen molar-refractivity contribution in [2.45, 2.75) is 124 Å². The molecule has 66 heavy (non-hydrogen) atoms. The molecule has 364 valence electrons. The van der Waals surface area contributed by atoms with Gasteiger partial charge in [-0.3, -0.25) is 43.9 Å². The van der Waals surface area contributed by atoms with Crippen LogP contribution in [0.3, 0.4) is 0 Å². The fourth-order valence-corrected chi connectivity index (χ4v) is 7.28. The SMILES string of the molecule is CC(C)C[C@H](NC(=O)CCNc1ccc([N+](=O)[O-])c2nonc12)C(=O)N[C@@H](CC(C)C)C(=O)N[C@@H](CC(C)C)C(=O)N[C@@H](CC(C)C)C(=O)N[C@@H](Cc1ccc(OP(=O)(O)O)cc1)C(=O)O. The monoisotopic (exact) mass is 947 g/mol. The molecule has 0 bridgehead atoms. The molecular formula is C42H62N9O14P. The molecule has 24 heteroatoms. The number of fused-ring (bicyclic) bond motifs is 1. The van der Waals surface area contributed by atoms with E-state index in [4.69, 9.17) is 9.79 Å². The summed E-state index contributed by atoms with van der Waals surface area (Å²) >= 11 is 0. The van der Waals surface area contributed by atoms with E-state index in [0.29, 0.717) is 11.3 Å². The van der Waals surface area contributed by atoms with Crippen molar-refractivity contribution in [2.24, 2.45) is 23.7 Å². The van der Waals surface area contributed by atoms with E-state index in [-0.39, 0.29) is 91.2 Å². The lowest BCUT2D eigenvalue weighted by Gasteiger charge is -2.29. The van der Waals surface area contributed by atoms with Crippen molar-refractivity contribution in [3.05, 3.63) is 52.1 Å². The molecular weight excluding hydrogens is 885 g/mol. The highest BCUT2D eigenvalue weighted by molar-refractivity contribution is 7.46. The number of aromatic nitrogens is 2. The number of non-ortho nitro benzene ring substituents is 1. The number of carboxylic acid groups (broad SMARTS) is 1. The van der Waals surface area contributed by atoms with Gasteiger partial charge in [0.1, 0.15) is 36.0 Å². The minimum Gasteiger partial charge on any atom is -0.480 e. The molecule has 0 fully saturated rings. The normalized spacial score (nSPS) is 14.0. The summed E-state index contributed by atoms with van der Waals surface area (Å²) in [4.78, 5) is 110. The maximum absolute atomic E-state index is 14.0. The predicted molar refractivity (Wildman–Crippen MR) is 239 cm³/mol. The summed E-state index contributed by atoms with van der Waals surface area (Å²) in [5.41, 5.74) is 0.477. The van der Waals surface area contributed by atoms with Crippen LogP contribution in [-0.4, -0.2) is 102 Å². The van der Waals surface area contributed by atoms with Crippen molar-refractivity contribution in [1.82, 2.24) is 36.9 Å². The van der Waals surface area contributed by atoms with Crippen molar-refractivity contribution < 1.29 is 62.3 Å². The minimum absolute atomic E-state index is 0.0511. The number of phosphoric ester groups is 1. The van der Waals surface area contributed by atoms with E-state index in [9.17, 15) is 48.6 Å². The third kappa shape index (κ3) is 18.0. The molecule has 1 heterocycles. The average molecular weight is 948 g/mol. The van der Waals surface area contributed by atoms with E-state index in [1.165, 1.54) is 36.4 Å². The molecule has 2 aromatic carbocycles. The lowest BCUT2D eigenvalue weighted by Crippen LogP contribution is -2.59. The number of nitro groups is 1. The summed E-state index contributed by atoms with van der Waals surface area (Å²) in [6.07, 6.45) is 0.279. The van der Waals surface area contributed by atoms with Crippen LogP contribution < -0.4 is 36.4 Å². The number of benzene rings is 2. The number of rotatable bonds is 27. The van der Waals surface area contributed by atoms with Crippen LogP contribution in [0, 0.1) is 33.8 Å². The van der Waals surface area contributed by atoms with Gasteiger partial charge >= 0.3 is 19.5 Å². The molecule has 1 aromatic heterocycles. The Morgan fingerprint density at radius 2 is 1.09 bits per heavy atom. The van der Waals surface area contributed by atoms with Crippen molar-refractivity contribution >= 4 is 65.7 Å². The highest BCUT2D eigenvalue weighted by Gasteiger charge is 2.34. The largest absolute Gasteiger partial charge is 0.524 e. The second-order valence-electron chi connectivity index (χ2n) is 17.7. The molecule has 0 aliphatic heterocycles. The second-order valence-corrected chi connectivity index (χ2v) is 18.8. The van der Waals surface area contributed by atoms with Crippen molar-refractivity contribution in [3.63, 3.8) is 0 Å². The molecule has 0 radical (unpaired) electrons. The van der Waals surface area contributed by atoms with E-state index in [0.717, 1.165) is 0 Å². The molecule has 5 amide bonds. The fourth-order valence-electron chi connectivity index (χ4n) is 6.88. The van der Waals surface area contributed by atoms with Crippen LogP contribution in [0.2, 0.25) is 0 Å². The van der Waals surface area contributed by atoms with Gasteiger partial charge < -0.3 is 41.5 Å². The number of phosphoric acid groups is 1. The maximum atomic E-state index is 14.0. The first-order chi connectivity index (χ1) is 30.8. The number of aliphatic carboxylic acids is 1. The number of anilines is 1. The lowest BCUT2D eigenvalue weighted by molar-refractivity contribution is -0.383. The molecule has 0 spiro atoms. The van der Waals surface area contributed by atoms with Crippen molar-refractivity contribution in [1.29, 1.82) is 0 Å². The first-order valence-corrected chi connectivity index (χ1v) is 23.1. The molecule has 0 aliphatic carbocycles. The summed E-state index contributed by atoms with van der Waals surface area (Å²) in [5, 5.41) is 45.0. The van der Waals surface area contributed by atoms with Gasteiger partial charge in [0.15, 0.2) is 5.52 Å². The van der Waals surface area contributed by atoms with Gasteiger partial charge in [-0.05, 0) is 83.4 Å².